The highest BCUT2D eigenvalue weighted by Gasteiger charge is 2.55. The smallest absolute Gasteiger partial charge is 0.229 e. The minimum atomic E-state index is -0.587. The van der Waals surface area contributed by atoms with Crippen LogP contribution < -0.4 is 10.1 Å². The lowest BCUT2D eigenvalue weighted by Crippen LogP contribution is -2.48. The summed E-state index contributed by atoms with van der Waals surface area (Å²) >= 11 is 0. The number of nitrogens with one attached hydrogen (secondary N) is 1. The lowest BCUT2D eigenvalue weighted by molar-refractivity contribution is -0.131. The molecule has 1 saturated heterocycles. The van der Waals surface area contributed by atoms with E-state index < -0.39 is 5.41 Å². The number of carbonyl (C=O) groups excluding carboxylic acids is 1. The van der Waals surface area contributed by atoms with Gasteiger partial charge in [-0.1, -0.05) is 0 Å². The number of hydrogen-bond donors (Lipinski definition) is 1. The average molecular weight is 331 g/mol. The van der Waals surface area contributed by atoms with Gasteiger partial charge >= 0.3 is 0 Å². The predicted molar refractivity (Wildman–Crippen MR) is 94.1 cm³/mol. The molecule has 0 aromatic carbocycles. The summed E-state index contributed by atoms with van der Waals surface area (Å²) in [5, 5.41) is 3.28. The Labute approximate surface area is 144 Å². The standard InChI is InChI=1S/C19H29N3O2/c1-13-8-14(2)16(20-9-13)24-12-18(3,4)17(23)21-15-10-22(5)11-19(15)6-7-19/h8-9,15H,6-7,10-12H2,1-5H3,(H,21,23). The van der Waals surface area contributed by atoms with Gasteiger partial charge in [0.2, 0.25) is 11.8 Å². The third-order valence-corrected chi connectivity index (χ3v) is 5.37. The molecule has 2 fully saturated rings. The zero-order valence-corrected chi connectivity index (χ0v) is 15.5. The van der Waals surface area contributed by atoms with Crippen molar-refractivity contribution >= 4 is 5.91 Å². The van der Waals surface area contributed by atoms with Gasteiger partial charge < -0.3 is 15.0 Å². The van der Waals surface area contributed by atoms with Gasteiger partial charge in [-0.15, -0.1) is 0 Å². The van der Waals surface area contributed by atoms with Gasteiger partial charge in [-0.3, -0.25) is 4.79 Å². The van der Waals surface area contributed by atoms with Crippen LogP contribution in [0.2, 0.25) is 0 Å². The number of nitrogens with zero attached hydrogens (tertiary/aromatic N) is 2. The maximum absolute atomic E-state index is 12.8. The fraction of sp³-hybridized carbons (Fsp3) is 0.684. The van der Waals surface area contributed by atoms with Crippen LogP contribution in [0.25, 0.3) is 0 Å². The molecule has 1 aliphatic heterocycles. The van der Waals surface area contributed by atoms with E-state index in [0.29, 0.717) is 17.9 Å². The summed E-state index contributed by atoms with van der Waals surface area (Å²) in [6.07, 6.45) is 4.25. The molecule has 0 radical (unpaired) electrons. The zero-order valence-electron chi connectivity index (χ0n) is 15.5. The van der Waals surface area contributed by atoms with E-state index in [2.05, 4.69) is 22.2 Å². The molecule has 2 heterocycles. The van der Waals surface area contributed by atoms with Crippen molar-refractivity contribution in [2.75, 3.05) is 26.7 Å². The Hall–Kier alpha value is -1.62. The molecule has 0 bridgehead atoms. The van der Waals surface area contributed by atoms with Gasteiger partial charge in [0.1, 0.15) is 6.61 Å². The molecule has 1 spiro atoms. The Balaban J connectivity index is 1.59. The number of aryl methyl sites for hydroxylation is 2. The van der Waals surface area contributed by atoms with Gasteiger partial charge in [0.15, 0.2) is 0 Å². The minimum absolute atomic E-state index is 0.0684. The third kappa shape index (κ3) is 3.41. The van der Waals surface area contributed by atoms with Crippen molar-refractivity contribution in [3.8, 4) is 5.88 Å². The maximum Gasteiger partial charge on any atom is 0.229 e. The van der Waals surface area contributed by atoms with E-state index in [4.69, 9.17) is 4.74 Å². The molecule has 24 heavy (non-hydrogen) atoms. The average Bonchev–Trinajstić information content (AvgIpc) is 3.18. The van der Waals surface area contributed by atoms with Crippen molar-refractivity contribution in [2.45, 2.75) is 46.6 Å². The highest BCUT2D eigenvalue weighted by atomic mass is 16.5. The second-order valence-corrected chi connectivity index (χ2v) is 8.39. The van der Waals surface area contributed by atoms with Crippen molar-refractivity contribution in [3.05, 3.63) is 23.4 Å². The second kappa shape index (κ2) is 6.03. The fourth-order valence-corrected chi connectivity index (χ4v) is 3.61. The molecule has 5 heteroatoms. The van der Waals surface area contributed by atoms with Crippen LogP contribution in [0.15, 0.2) is 12.3 Å². The molecule has 1 aliphatic carbocycles. The fourth-order valence-electron chi connectivity index (χ4n) is 3.61. The number of amides is 1. The number of ether oxygens (including phenoxy) is 1. The normalized spacial score (nSPS) is 22.6. The summed E-state index contributed by atoms with van der Waals surface area (Å²) in [5.74, 6) is 0.680. The Morgan fingerprint density at radius 1 is 1.46 bits per heavy atom. The highest BCUT2D eigenvalue weighted by molar-refractivity contribution is 5.82. The molecule has 1 aromatic rings. The summed E-state index contributed by atoms with van der Waals surface area (Å²) in [6.45, 7) is 10.2. The SMILES string of the molecule is Cc1cnc(OCC(C)(C)C(=O)NC2CN(C)CC23CC3)c(C)c1. The number of likely N-dealkylation sites (tertiary alicyclic amines) is 1. The molecule has 1 N–H and O–H groups in total. The molecule has 1 atom stereocenters. The second-order valence-electron chi connectivity index (χ2n) is 8.39. The van der Waals surface area contributed by atoms with E-state index in [1.807, 2.05) is 33.8 Å². The number of carbonyl (C=O) groups is 1. The van der Waals surface area contributed by atoms with Gasteiger partial charge in [0.25, 0.3) is 0 Å². The van der Waals surface area contributed by atoms with Crippen molar-refractivity contribution in [2.24, 2.45) is 10.8 Å². The molecule has 5 nitrogen and oxygen atoms in total. The number of likely N-dealkylation sites (N-methyl/N-ethyl adjacent to an activating group) is 1. The molecule has 1 unspecified atom stereocenters. The molecule has 132 valence electrons. The predicted octanol–water partition coefficient (Wildman–Crippen LogP) is 2.31. The van der Waals surface area contributed by atoms with Crippen molar-refractivity contribution in [3.63, 3.8) is 0 Å². The van der Waals surface area contributed by atoms with Crippen LogP contribution in [0.1, 0.15) is 37.8 Å². The van der Waals surface area contributed by atoms with Crippen LogP contribution in [-0.4, -0.2) is 48.6 Å². The zero-order chi connectivity index (χ0) is 17.5. The molecule has 1 aromatic heterocycles. The van der Waals surface area contributed by atoms with E-state index >= 15 is 0 Å². The molecular weight excluding hydrogens is 302 g/mol. The van der Waals surface area contributed by atoms with Crippen LogP contribution in [-0.2, 0) is 4.79 Å². The molecule has 3 rings (SSSR count). The van der Waals surface area contributed by atoms with E-state index in [9.17, 15) is 4.79 Å². The lowest BCUT2D eigenvalue weighted by atomic mass is 9.91. The summed E-state index contributed by atoms with van der Waals surface area (Å²) < 4.78 is 5.85. The summed E-state index contributed by atoms with van der Waals surface area (Å²) in [7, 11) is 2.13. The van der Waals surface area contributed by atoms with Gasteiger partial charge in [-0.05, 0) is 59.2 Å². The number of hydrogen-bond acceptors (Lipinski definition) is 4. The topological polar surface area (TPSA) is 54.5 Å². The van der Waals surface area contributed by atoms with Gasteiger partial charge in [-0.25, -0.2) is 4.98 Å². The first kappa shape index (κ1) is 17.2. The van der Waals surface area contributed by atoms with Gasteiger partial charge in [0.05, 0.1) is 5.41 Å². The van der Waals surface area contributed by atoms with E-state index in [1.165, 1.54) is 12.8 Å². The molecule has 1 amide bonds. The summed E-state index contributed by atoms with van der Waals surface area (Å²) in [6, 6.07) is 2.31. The van der Waals surface area contributed by atoms with Crippen molar-refractivity contribution < 1.29 is 9.53 Å². The Kier molecular flexibility index (Phi) is 4.32. The van der Waals surface area contributed by atoms with Crippen molar-refractivity contribution in [1.29, 1.82) is 0 Å². The first-order chi connectivity index (χ1) is 11.2. The van der Waals surface area contributed by atoms with Crippen LogP contribution >= 0.6 is 0 Å². The molecular formula is C19H29N3O2. The Morgan fingerprint density at radius 2 is 2.17 bits per heavy atom. The van der Waals surface area contributed by atoms with Crippen LogP contribution in [0.3, 0.4) is 0 Å². The number of aromatic nitrogens is 1. The molecule has 2 aliphatic rings. The van der Waals surface area contributed by atoms with Crippen LogP contribution in [0.4, 0.5) is 0 Å². The first-order valence-electron chi connectivity index (χ1n) is 8.77. The van der Waals surface area contributed by atoms with E-state index in [0.717, 1.165) is 24.2 Å². The van der Waals surface area contributed by atoms with E-state index in [-0.39, 0.29) is 11.9 Å². The third-order valence-electron chi connectivity index (χ3n) is 5.37. The van der Waals surface area contributed by atoms with Crippen LogP contribution in [0, 0.1) is 24.7 Å². The Morgan fingerprint density at radius 3 is 2.79 bits per heavy atom. The highest BCUT2D eigenvalue weighted by Crippen LogP contribution is 2.52. The largest absolute Gasteiger partial charge is 0.476 e. The Bertz CT molecular complexity index is 637. The van der Waals surface area contributed by atoms with Crippen molar-refractivity contribution in [1.82, 2.24) is 15.2 Å². The van der Waals surface area contributed by atoms with Crippen LogP contribution in [0.5, 0.6) is 5.88 Å². The number of pyridine rings is 1. The number of rotatable bonds is 5. The monoisotopic (exact) mass is 331 g/mol. The summed E-state index contributed by atoms with van der Waals surface area (Å²) in [5.41, 5.74) is 1.85. The summed E-state index contributed by atoms with van der Waals surface area (Å²) in [4.78, 5) is 19.4. The molecule has 1 saturated carbocycles. The van der Waals surface area contributed by atoms with Gasteiger partial charge in [0, 0.05) is 36.3 Å². The van der Waals surface area contributed by atoms with E-state index in [1.54, 1.807) is 6.20 Å². The van der Waals surface area contributed by atoms with Gasteiger partial charge in [-0.2, -0.15) is 0 Å². The minimum Gasteiger partial charge on any atom is -0.476 e. The lowest BCUT2D eigenvalue weighted by Gasteiger charge is -2.28. The maximum atomic E-state index is 12.8. The quantitative estimate of drug-likeness (QED) is 0.900. The first-order valence-corrected chi connectivity index (χ1v) is 8.77.